The van der Waals surface area contributed by atoms with Crippen molar-refractivity contribution in [2.45, 2.75) is 51.4 Å². The Labute approximate surface area is 104 Å². The lowest BCUT2D eigenvalue weighted by Crippen LogP contribution is -2.13. The van der Waals surface area contributed by atoms with Crippen LogP contribution < -0.4 is 5.73 Å². The highest BCUT2D eigenvalue weighted by Gasteiger charge is 2.22. The fourth-order valence-electron chi connectivity index (χ4n) is 3.02. The van der Waals surface area contributed by atoms with E-state index in [0.29, 0.717) is 11.6 Å². The molecule has 0 aromatic heterocycles. The predicted molar refractivity (Wildman–Crippen MR) is 72.1 cm³/mol. The molecule has 2 heteroatoms. The zero-order chi connectivity index (χ0) is 12.3. The molecule has 0 aliphatic heterocycles. The van der Waals surface area contributed by atoms with Crippen LogP contribution in [0, 0.1) is 5.92 Å². The Morgan fingerprint density at radius 1 is 1.24 bits per heavy atom. The second-order valence-corrected chi connectivity index (χ2v) is 5.32. The van der Waals surface area contributed by atoms with E-state index in [2.05, 4.69) is 6.92 Å². The van der Waals surface area contributed by atoms with E-state index in [1.165, 1.54) is 44.1 Å². The van der Waals surface area contributed by atoms with E-state index in [1.54, 1.807) is 6.07 Å². The van der Waals surface area contributed by atoms with E-state index in [-0.39, 0.29) is 5.75 Å². The summed E-state index contributed by atoms with van der Waals surface area (Å²) in [5.74, 6) is 1.78. The maximum atomic E-state index is 9.43. The van der Waals surface area contributed by atoms with Crippen molar-refractivity contribution in [3.05, 3.63) is 23.8 Å². The molecule has 1 aliphatic carbocycles. The Kier molecular flexibility index (Phi) is 3.93. The number of nitrogen functional groups attached to an aromatic ring is 1. The number of rotatable bonds is 3. The van der Waals surface area contributed by atoms with Crippen LogP contribution in [0.1, 0.15) is 56.9 Å². The van der Waals surface area contributed by atoms with Crippen molar-refractivity contribution < 1.29 is 5.11 Å². The standard InChI is InChI=1S/C15H23NO/c1-2-3-11-4-6-12(7-5-11)13-8-9-15(17)14(16)10-13/h8-12,17H,2-7,16H2,1H3. The van der Waals surface area contributed by atoms with Crippen LogP contribution >= 0.6 is 0 Å². The van der Waals surface area contributed by atoms with Crippen molar-refractivity contribution in [2.24, 2.45) is 5.92 Å². The van der Waals surface area contributed by atoms with Crippen LogP contribution in [0.2, 0.25) is 0 Å². The first-order valence-electron chi connectivity index (χ1n) is 6.79. The van der Waals surface area contributed by atoms with Crippen LogP contribution in [0.15, 0.2) is 18.2 Å². The first-order chi connectivity index (χ1) is 8.20. The molecular weight excluding hydrogens is 210 g/mol. The molecule has 0 saturated heterocycles. The zero-order valence-corrected chi connectivity index (χ0v) is 10.7. The van der Waals surface area contributed by atoms with Gasteiger partial charge in [0.15, 0.2) is 0 Å². The van der Waals surface area contributed by atoms with E-state index >= 15 is 0 Å². The average Bonchev–Trinajstić information content (AvgIpc) is 2.34. The molecule has 0 amide bonds. The topological polar surface area (TPSA) is 46.2 Å². The van der Waals surface area contributed by atoms with Crippen LogP contribution in [0.5, 0.6) is 5.75 Å². The SMILES string of the molecule is CCCC1CCC(c2ccc(O)c(N)c2)CC1. The third kappa shape index (κ3) is 2.93. The number of aromatic hydroxyl groups is 1. The van der Waals surface area contributed by atoms with Gasteiger partial charge >= 0.3 is 0 Å². The first kappa shape index (κ1) is 12.3. The van der Waals surface area contributed by atoms with E-state index in [0.717, 1.165) is 5.92 Å². The van der Waals surface area contributed by atoms with Gasteiger partial charge in [0.1, 0.15) is 5.75 Å². The third-order valence-electron chi connectivity index (χ3n) is 4.07. The number of nitrogens with two attached hydrogens (primary N) is 1. The molecule has 0 bridgehead atoms. The molecule has 0 heterocycles. The molecule has 2 rings (SSSR count). The van der Waals surface area contributed by atoms with Gasteiger partial charge in [0, 0.05) is 0 Å². The highest BCUT2D eigenvalue weighted by atomic mass is 16.3. The number of phenolic OH excluding ortho intramolecular Hbond substituents is 1. The van der Waals surface area contributed by atoms with E-state index in [4.69, 9.17) is 5.73 Å². The fraction of sp³-hybridized carbons (Fsp3) is 0.600. The summed E-state index contributed by atoms with van der Waals surface area (Å²) in [5.41, 5.74) is 7.57. The zero-order valence-electron chi connectivity index (χ0n) is 10.7. The third-order valence-corrected chi connectivity index (χ3v) is 4.07. The van der Waals surface area contributed by atoms with Gasteiger partial charge in [-0.1, -0.05) is 25.8 Å². The molecule has 1 aromatic carbocycles. The second kappa shape index (κ2) is 5.44. The Balaban J connectivity index is 1.98. The van der Waals surface area contributed by atoms with Gasteiger partial charge in [-0.05, 0) is 55.2 Å². The molecule has 3 N–H and O–H groups in total. The Bertz CT molecular complexity index is 367. The largest absolute Gasteiger partial charge is 0.506 e. The minimum absolute atomic E-state index is 0.202. The van der Waals surface area contributed by atoms with Crippen LogP contribution in [-0.2, 0) is 0 Å². The summed E-state index contributed by atoms with van der Waals surface area (Å²) in [5, 5.41) is 9.43. The number of hydrogen-bond donors (Lipinski definition) is 2. The quantitative estimate of drug-likeness (QED) is 0.611. The predicted octanol–water partition coefficient (Wildman–Crippen LogP) is 4.05. The van der Waals surface area contributed by atoms with Gasteiger partial charge in [0.25, 0.3) is 0 Å². The van der Waals surface area contributed by atoms with Crippen molar-refractivity contribution in [2.75, 3.05) is 5.73 Å². The molecule has 0 atom stereocenters. The number of anilines is 1. The summed E-state index contributed by atoms with van der Waals surface area (Å²) in [6, 6.07) is 5.69. The van der Waals surface area contributed by atoms with Gasteiger partial charge in [-0.3, -0.25) is 0 Å². The lowest BCUT2D eigenvalue weighted by atomic mass is 9.77. The lowest BCUT2D eigenvalue weighted by Gasteiger charge is -2.28. The van der Waals surface area contributed by atoms with E-state index in [1.807, 2.05) is 12.1 Å². The van der Waals surface area contributed by atoms with Gasteiger partial charge in [-0.2, -0.15) is 0 Å². The first-order valence-corrected chi connectivity index (χ1v) is 6.79. The van der Waals surface area contributed by atoms with Crippen LogP contribution in [0.3, 0.4) is 0 Å². The lowest BCUT2D eigenvalue weighted by molar-refractivity contribution is 0.308. The van der Waals surface area contributed by atoms with Crippen LogP contribution in [0.4, 0.5) is 5.69 Å². The monoisotopic (exact) mass is 233 g/mol. The Morgan fingerprint density at radius 2 is 1.94 bits per heavy atom. The van der Waals surface area contributed by atoms with E-state index < -0.39 is 0 Å². The van der Waals surface area contributed by atoms with Crippen molar-refractivity contribution >= 4 is 5.69 Å². The molecule has 0 spiro atoms. The summed E-state index contributed by atoms with van der Waals surface area (Å²) in [7, 11) is 0. The van der Waals surface area contributed by atoms with Crippen molar-refractivity contribution in [1.29, 1.82) is 0 Å². The van der Waals surface area contributed by atoms with Gasteiger partial charge in [-0.25, -0.2) is 0 Å². The van der Waals surface area contributed by atoms with Crippen LogP contribution in [-0.4, -0.2) is 5.11 Å². The normalized spacial score (nSPS) is 24.8. The summed E-state index contributed by atoms with van der Waals surface area (Å²) >= 11 is 0. The summed E-state index contributed by atoms with van der Waals surface area (Å²) < 4.78 is 0. The average molecular weight is 233 g/mol. The van der Waals surface area contributed by atoms with Crippen molar-refractivity contribution in [3.63, 3.8) is 0 Å². The number of phenols is 1. The maximum Gasteiger partial charge on any atom is 0.138 e. The highest BCUT2D eigenvalue weighted by Crippen LogP contribution is 2.38. The molecule has 1 saturated carbocycles. The minimum atomic E-state index is 0.202. The molecule has 1 aromatic rings. The molecule has 1 aliphatic rings. The molecule has 1 fully saturated rings. The molecule has 17 heavy (non-hydrogen) atoms. The molecule has 0 radical (unpaired) electrons. The van der Waals surface area contributed by atoms with Gasteiger partial charge < -0.3 is 10.8 Å². The molecular formula is C15H23NO. The summed E-state index contributed by atoms with van der Waals surface area (Å²) in [6.07, 6.45) is 7.92. The fourth-order valence-corrected chi connectivity index (χ4v) is 3.02. The number of hydrogen-bond acceptors (Lipinski definition) is 2. The van der Waals surface area contributed by atoms with Crippen molar-refractivity contribution in [1.82, 2.24) is 0 Å². The van der Waals surface area contributed by atoms with Gasteiger partial charge in [-0.15, -0.1) is 0 Å². The van der Waals surface area contributed by atoms with Gasteiger partial charge in [0.05, 0.1) is 5.69 Å². The molecule has 94 valence electrons. The maximum absolute atomic E-state index is 9.43. The summed E-state index contributed by atoms with van der Waals surface area (Å²) in [4.78, 5) is 0. The van der Waals surface area contributed by atoms with Crippen LogP contribution in [0.25, 0.3) is 0 Å². The second-order valence-electron chi connectivity index (χ2n) is 5.32. The minimum Gasteiger partial charge on any atom is -0.506 e. The van der Waals surface area contributed by atoms with E-state index in [9.17, 15) is 5.11 Å². The number of benzene rings is 1. The highest BCUT2D eigenvalue weighted by molar-refractivity contribution is 5.53. The smallest absolute Gasteiger partial charge is 0.138 e. The van der Waals surface area contributed by atoms with Gasteiger partial charge in [0.2, 0.25) is 0 Å². The Hall–Kier alpha value is -1.18. The summed E-state index contributed by atoms with van der Waals surface area (Å²) in [6.45, 7) is 2.27. The molecule has 2 nitrogen and oxygen atoms in total. The van der Waals surface area contributed by atoms with Crippen molar-refractivity contribution in [3.8, 4) is 5.75 Å². The molecule has 0 unspecified atom stereocenters. The Morgan fingerprint density at radius 3 is 2.53 bits per heavy atom.